The van der Waals surface area contributed by atoms with Gasteiger partial charge in [-0.1, -0.05) is 42.5 Å². The fourth-order valence-electron chi connectivity index (χ4n) is 4.76. The Morgan fingerprint density at radius 1 is 0.900 bits per heavy atom. The normalized spacial score (nSPS) is 15.7. The van der Waals surface area contributed by atoms with Crippen LogP contribution in [0.5, 0.6) is 0 Å². The lowest BCUT2D eigenvalue weighted by molar-refractivity contribution is -0.113. The lowest BCUT2D eigenvalue weighted by Gasteiger charge is -2.38. The van der Waals surface area contributed by atoms with Crippen molar-refractivity contribution in [2.24, 2.45) is 0 Å². The number of anilines is 1. The van der Waals surface area contributed by atoms with Crippen LogP contribution in [0.4, 0.5) is 5.69 Å². The molecule has 1 aliphatic rings. The minimum absolute atomic E-state index is 0.149. The van der Waals surface area contributed by atoms with Gasteiger partial charge in [0, 0.05) is 30.6 Å². The Hall–Kier alpha value is -3.31. The van der Waals surface area contributed by atoms with Gasteiger partial charge in [-0.15, -0.1) is 0 Å². The van der Waals surface area contributed by atoms with Gasteiger partial charge in [-0.05, 0) is 92.4 Å². The molecule has 0 aromatic heterocycles. The molecule has 0 atom stereocenters. The van der Waals surface area contributed by atoms with E-state index in [2.05, 4.69) is 22.2 Å². The predicted octanol–water partition coefficient (Wildman–Crippen LogP) is 3.80. The molecule has 4 rings (SSSR count). The van der Waals surface area contributed by atoms with Crippen molar-refractivity contribution in [3.05, 3.63) is 96.1 Å². The molecule has 1 amide bonds. The molecule has 0 saturated carbocycles. The number of nitrogens with zero attached hydrogens (tertiary/aromatic N) is 1. The summed E-state index contributed by atoms with van der Waals surface area (Å²) in [6.45, 7) is 1.50. The molecule has 212 valence electrons. The van der Waals surface area contributed by atoms with E-state index in [0.29, 0.717) is 30.5 Å². The second-order valence-electron chi connectivity index (χ2n) is 10.2. The van der Waals surface area contributed by atoms with E-state index >= 15 is 0 Å². The minimum atomic E-state index is -3.78. The second kappa shape index (κ2) is 12.5. The number of hydrogen-bond donors (Lipinski definition) is 2. The molecule has 0 aliphatic carbocycles. The molecular weight excluding hydrogens is 546 g/mol. The van der Waals surface area contributed by atoms with Crippen molar-refractivity contribution in [1.29, 1.82) is 0 Å². The topological polar surface area (TPSA) is 113 Å². The Morgan fingerprint density at radius 2 is 1.50 bits per heavy atom. The third kappa shape index (κ3) is 7.66. The van der Waals surface area contributed by atoms with Crippen molar-refractivity contribution in [2.45, 2.75) is 41.0 Å². The third-order valence-electron chi connectivity index (χ3n) is 7.24. The number of rotatable bonds is 10. The van der Waals surface area contributed by atoms with Crippen LogP contribution in [0, 0.1) is 0 Å². The van der Waals surface area contributed by atoms with Gasteiger partial charge in [0.25, 0.3) is 5.91 Å². The van der Waals surface area contributed by atoms with Crippen LogP contribution in [0.15, 0.2) is 94.7 Å². The molecule has 40 heavy (non-hydrogen) atoms. The van der Waals surface area contributed by atoms with Crippen molar-refractivity contribution in [1.82, 2.24) is 10.0 Å². The first-order chi connectivity index (χ1) is 19.0. The molecule has 1 fully saturated rings. The van der Waals surface area contributed by atoms with E-state index < -0.39 is 25.4 Å². The Balaban J connectivity index is 1.43. The van der Waals surface area contributed by atoms with E-state index in [1.807, 2.05) is 18.2 Å². The maximum absolute atomic E-state index is 13.4. The lowest BCUT2D eigenvalue weighted by atomic mass is 9.84. The number of piperidine rings is 1. The van der Waals surface area contributed by atoms with Crippen molar-refractivity contribution in [3.8, 4) is 0 Å². The van der Waals surface area contributed by atoms with E-state index in [0.717, 1.165) is 25.8 Å². The molecule has 1 saturated heterocycles. The quantitative estimate of drug-likeness (QED) is 0.352. The number of aryl methyl sites for hydroxylation is 1. The molecule has 3 aromatic rings. The van der Waals surface area contributed by atoms with Gasteiger partial charge in [-0.3, -0.25) is 4.79 Å². The average Bonchev–Trinajstić information content (AvgIpc) is 2.95. The molecule has 1 aliphatic heterocycles. The summed E-state index contributed by atoms with van der Waals surface area (Å²) >= 11 is 0. The van der Waals surface area contributed by atoms with Crippen molar-refractivity contribution >= 4 is 37.5 Å². The molecule has 1 heterocycles. The molecule has 10 heteroatoms. The summed E-state index contributed by atoms with van der Waals surface area (Å²) in [5, 5.41) is 3.32. The van der Waals surface area contributed by atoms with Crippen molar-refractivity contribution < 1.29 is 21.6 Å². The highest BCUT2D eigenvalue weighted by Gasteiger charge is 2.36. The summed E-state index contributed by atoms with van der Waals surface area (Å²) in [6.07, 6.45) is 7.02. The number of nitrogens with one attached hydrogen (secondary N) is 2. The van der Waals surface area contributed by atoms with Gasteiger partial charge >= 0.3 is 0 Å². The zero-order chi connectivity index (χ0) is 28.8. The third-order valence-corrected chi connectivity index (χ3v) is 9.96. The Bertz CT molecular complexity index is 1550. The highest BCUT2D eigenvalue weighted by Crippen LogP contribution is 2.28. The van der Waals surface area contributed by atoms with E-state index in [4.69, 9.17) is 0 Å². The highest BCUT2D eigenvalue weighted by molar-refractivity contribution is 7.90. The number of hydrogen-bond acceptors (Lipinski definition) is 6. The Kier molecular flexibility index (Phi) is 9.25. The van der Waals surface area contributed by atoms with Gasteiger partial charge in [-0.2, -0.15) is 0 Å². The summed E-state index contributed by atoms with van der Waals surface area (Å²) in [6, 6.07) is 22.6. The van der Waals surface area contributed by atoms with Crippen LogP contribution in [-0.4, -0.2) is 54.7 Å². The monoisotopic (exact) mass is 581 g/mol. The molecule has 0 radical (unpaired) electrons. The van der Waals surface area contributed by atoms with Crippen LogP contribution in [0.1, 0.15) is 30.4 Å². The van der Waals surface area contributed by atoms with Crippen LogP contribution in [-0.2, 0) is 31.1 Å². The van der Waals surface area contributed by atoms with E-state index in [1.165, 1.54) is 40.8 Å². The van der Waals surface area contributed by atoms with Gasteiger partial charge in [0.1, 0.15) is 0 Å². The van der Waals surface area contributed by atoms with E-state index in [1.54, 1.807) is 37.4 Å². The SMILES string of the molecule is CN(C(=O)/C=C/c1ccc(S(C)(=O)=O)cc1)c1ccc(S(=O)(=O)NC2(CCc3ccccc3)CCNCC2)cc1. The first kappa shape index (κ1) is 29.7. The van der Waals surface area contributed by atoms with Crippen LogP contribution in [0.3, 0.4) is 0 Å². The first-order valence-corrected chi connectivity index (χ1v) is 16.5. The van der Waals surface area contributed by atoms with Crippen LogP contribution in [0.25, 0.3) is 6.08 Å². The fraction of sp³-hybridized carbons (Fsp3) is 0.300. The molecular formula is C30H35N3O5S2. The van der Waals surface area contributed by atoms with Crippen LogP contribution >= 0.6 is 0 Å². The summed E-state index contributed by atoms with van der Waals surface area (Å²) in [7, 11) is -5.47. The van der Waals surface area contributed by atoms with Crippen molar-refractivity contribution in [2.75, 3.05) is 31.3 Å². The van der Waals surface area contributed by atoms with Crippen molar-refractivity contribution in [3.63, 3.8) is 0 Å². The van der Waals surface area contributed by atoms with Crippen LogP contribution < -0.4 is 14.9 Å². The highest BCUT2D eigenvalue weighted by atomic mass is 32.2. The average molecular weight is 582 g/mol. The molecule has 8 nitrogen and oxygen atoms in total. The molecule has 0 spiro atoms. The number of benzene rings is 3. The van der Waals surface area contributed by atoms with Gasteiger partial charge in [0.15, 0.2) is 9.84 Å². The zero-order valence-electron chi connectivity index (χ0n) is 22.7. The Morgan fingerprint density at radius 3 is 2.10 bits per heavy atom. The van der Waals surface area contributed by atoms with Gasteiger partial charge in [-0.25, -0.2) is 21.6 Å². The smallest absolute Gasteiger partial charge is 0.250 e. The molecule has 3 aromatic carbocycles. The summed E-state index contributed by atoms with van der Waals surface area (Å²) in [4.78, 5) is 14.5. The minimum Gasteiger partial charge on any atom is -0.317 e. The standard InChI is InChI=1S/C30H35N3O5S2/c1-33(29(34)17-10-25-8-13-27(14-9-25)39(2,35)36)26-11-15-28(16-12-26)40(37,38)32-30(20-22-31-23-21-30)19-18-24-6-4-3-5-7-24/h3-17,31-32H,18-23H2,1-2H3/b17-10+. The fourth-order valence-corrected chi connectivity index (χ4v) is 6.88. The lowest BCUT2D eigenvalue weighted by Crippen LogP contribution is -2.54. The number of likely N-dealkylation sites (N-methyl/N-ethyl adjacent to an activating group) is 1. The van der Waals surface area contributed by atoms with Gasteiger partial charge < -0.3 is 10.2 Å². The maximum atomic E-state index is 13.4. The summed E-state index contributed by atoms with van der Waals surface area (Å²) in [5.74, 6) is -0.310. The first-order valence-electron chi connectivity index (χ1n) is 13.1. The summed E-state index contributed by atoms with van der Waals surface area (Å²) < 4.78 is 53.1. The maximum Gasteiger partial charge on any atom is 0.250 e. The largest absolute Gasteiger partial charge is 0.317 e. The zero-order valence-corrected chi connectivity index (χ0v) is 24.3. The van der Waals surface area contributed by atoms with E-state index in [9.17, 15) is 21.6 Å². The van der Waals surface area contributed by atoms with Crippen LogP contribution in [0.2, 0.25) is 0 Å². The Labute approximate surface area is 237 Å². The second-order valence-corrected chi connectivity index (χ2v) is 13.9. The molecule has 0 bridgehead atoms. The number of carbonyl (C=O) groups is 1. The van der Waals surface area contributed by atoms with Gasteiger partial charge in [0.2, 0.25) is 10.0 Å². The van der Waals surface area contributed by atoms with E-state index in [-0.39, 0.29) is 15.7 Å². The number of sulfonamides is 1. The van der Waals surface area contributed by atoms with Gasteiger partial charge in [0.05, 0.1) is 9.79 Å². The predicted molar refractivity (Wildman–Crippen MR) is 158 cm³/mol. The number of sulfone groups is 1. The molecule has 2 N–H and O–H groups in total. The summed E-state index contributed by atoms with van der Waals surface area (Å²) in [5.41, 5.74) is 1.87. The number of carbonyl (C=O) groups excluding carboxylic acids is 1. The molecule has 0 unspecified atom stereocenters. The number of amides is 1.